The van der Waals surface area contributed by atoms with E-state index in [-0.39, 0.29) is 5.76 Å². The standard InChI is InChI=1S/C18H18N4O3S/c1-22-10-9-20-18(22)26-11-13-7-8-14(25-13)17(24)21-15(16(19)23)12-5-3-2-4-6-12/h2-10,15H,11H2,1H3,(H2,19,23)(H,21,24). The van der Waals surface area contributed by atoms with Crippen molar-refractivity contribution < 1.29 is 14.0 Å². The number of aromatic nitrogens is 2. The number of nitrogens with one attached hydrogen (secondary N) is 1. The minimum absolute atomic E-state index is 0.127. The molecule has 0 bridgehead atoms. The highest BCUT2D eigenvalue weighted by molar-refractivity contribution is 7.98. The summed E-state index contributed by atoms with van der Waals surface area (Å²) >= 11 is 1.50. The second-order valence-electron chi connectivity index (χ2n) is 5.59. The summed E-state index contributed by atoms with van der Waals surface area (Å²) in [6.45, 7) is 0. The fourth-order valence-corrected chi connectivity index (χ4v) is 3.20. The van der Waals surface area contributed by atoms with Gasteiger partial charge in [-0.2, -0.15) is 0 Å². The Kier molecular flexibility index (Phi) is 5.43. The molecular weight excluding hydrogens is 352 g/mol. The number of hydrogen-bond acceptors (Lipinski definition) is 5. The molecule has 1 unspecified atom stereocenters. The molecule has 2 aromatic heterocycles. The first-order valence-electron chi connectivity index (χ1n) is 7.88. The van der Waals surface area contributed by atoms with E-state index in [1.807, 2.05) is 23.9 Å². The highest BCUT2D eigenvalue weighted by Gasteiger charge is 2.22. The number of primary amides is 1. The van der Waals surface area contributed by atoms with Gasteiger partial charge >= 0.3 is 0 Å². The van der Waals surface area contributed by atoms with Crippen molar-refractivity contribution in [2.75, 3.05) is 0 Å². The third-order valence-electron chi connectivity index (χ3n) is 3.70. The maximum atomic E-state index is 12.4. The third kappa shape index (κ3) is 4.15. The summed E-state index contributed by atoms with van der Waals surface area (Å²) in [5.74, 6) is 0.171. The minimum atomic E-state index is -0.917. The van der Waals surface area contributed by atoms with E-state index in [0.717, 1.165) is 5.16 Å². The quantitative estimate of drug-likeness (QED) is 0.621. The summed E-state index contributed by atoms with van der Waals surface area (Å²) < 4.78 is 7.48. The molecule has 0 saturated heterocycles. The number of imidazole rings is 1. The zero-order valence-electron chi connectivity index (χ0n) is 14.1. The zero-order valence-corrected chi connectivity index (χ0v) is 14.9. The van der Waals surface area contributed by atoms with Crippen LogP contribution in [0.25, 0.3) is 0 Å². The first kappa shape index (κ1) is 17.8. The molecule has 1 aromatic carbocycles. The van der Waals surface area contributed by atoms with E-state index >= 15 is 0 Å². The van der Waals surface area contributed by atoms with E-state index in [4.69, 9.17) is 10.2 Å². The monoisotopic (exact) mass is 370 g/mol. The number of carbonyl (C=O) groups is 2. The summed E-state index contributed by atoms with van der Waals surface area (Å²) in [6.07, 6.45) is 3.58. The summed E-state index contributed by atoms with van der Waals surface area (Å²) in [4.78, 5) is 28.3. The maximum Gasteiger partial charge on any atom is 0.287 e. The van der Waals surface area contributed by atoms with Crippen LogP contribution in [0.2, 0.25) is 0 Å². The van der Waals surface area contributed by atoms with Crippen molar-refractivity contribution in [2.24, 2.45) is 12.8 Å². The van der Waals surface area contributed by atoms with Crippen molar-refractivity contribution >= 4 is 23.6 Å². The van der Waals surface area contributed by atoms with Gasteiger partial charge in [-0.3, -0.25) is 9.59 Å². The Balaban J connectivity index is 1.65. The van der Waals surface area contributed by atoms with Crippen molar-refractivity contribution in [2.45, 2.75) is 17.0 Å². The lowest BCUT2D eigenvalue weighted by Crippen LogP contribution is -2.37. The fourth-order valence-electron chi connectivity index (χ4n) is 2.37. The number of nitrogens with two attached hydrogens (primary N) is 1. The molecule has 0 saturated carbocycles. The van der Waals surface area contributed by atoms with Gasteiger partial charge in [-0.25, -0.2) is 4.98 Å². The molecule has 8 heteroatoms. The lowest BCUT2D eigenvalue weighted by molar-refractivity contribution is -0.120. The highest BCUT2D eigenvalue weighted by Crippen LogP contribution is 2.22. The minimum Gasteiger partial charge on any atom is -0.455 e. The SMILES string of the molecule is Cn1ccnc1SCc1ccc(C(=O)NC(C(N)=O)c2ccccc2)o1. The van der Waals surface area contributed by atoms with Crippen LogP contribution in [-0.4, -0.2) is 21.4 Å². The van der Waals surface area contributed by atoms with Crippen LogP contribution in [0.5, 0.6) is 0 Å². The average molecular weight is 370 g/mol. The average Bonchev–Trinajstić information content (AvgIpc) is 3.27. The molecule has 0 aliphatic heterocycles. The molecule has 2 heterocycles. The normalized spacial score (nSPS) is 11.9. The van der Waals surface area contributed by atoms with Gasteiger partial charge in [0.05, 0.1) is 5.75 Å². The summed E-state index contributed by atoms with van der Waals surface area (Å²) in [7, 11) is 1.91. The molecule has 0 aliphatic rings. The van der Waals surface area contributed by atoms with Gasteiger partial charge in [0.25, 0.3) is 5.91 Å². The smallest absolute Gasteiger partial charge is 0.287 e. The summed E-state index contributed by atoms with van der Waals surface area (Å²) in [5.41, 5.74) is 6.04. The molecule has 0 radical (unpaired) electrons. The lowest BCUT2D eigenvalue weighted by atomic mass is 10.1. The highest BCUT2D eigenvalue weighted by atomic mass is 32.2. The first-order chi connectivity index (χ1) is 12.5. The molecule has 7 nitrogen and oxygen atoms in total. The molecule has 26 heavy (non-hydrogen) atoms. The number of aryl methyl sites for hydroxylation is 1. The molecule has 2 amide bonds. The molecule has 0 fully saturated rings. The van der Waals surface area contributed by atoms with Gasteiger partial charge in [0.1, 0.15) is 11.8 Å². The second-order valence-corrected chi connectivity index (χ2v) is 6.54. The predicted molar refractivity (Wildman–Crippen MR) is 97.3 cm³/mol. The van der Waals surface area contributed by atoms with Crippen molar-refractivity contribution in [1.82, 2.24) is 14.9 Å². The van der Waals surface area contributed by atoms with Gasteiger partial charge in [0, 0.05) is 19.4 Å². The van der Waals surface area contributed by atoms with E-state index in [1.165, 1.54) is 11.8 Å². The van der Waals surface area contributed by atoms with Crippen LogP contribution in [0.3, 0.4) is 0 Å². The van der Waals surface area contributed by atoms with E-state index in [2.05, 4.69) is 10.3 Å². The number of nitrogens with zero attached hydrogens (tertiary/aromatic N) is 2. The van der Waals surface area contributed by atoms with Gasteiger partial charge in [-0.05, 0) is 17.7 Å². The topological polar surface area (TPSA) is 103 Å². The number of carbonyl (C=O) groups excluding carboxylic acids is 2. The molecular formula is C18H18N4O3S. The van der Waals surface area contributed by atoms with Crippen LogP contribution in [0.1, 0.15) is 27.9 Å². The molecule has 134 valence electrons. The first-order valence-corrected chi connectivity index (χ1v) is 8.87. The molecule has 3 N–H and O–H groups in total. The van der Waals surface area contributed by atoms with E-state index < -0.39 is 17.9 Å². The molecule has 1 atom stereocenters. The maximum absolute atomic E-state index is 12.4. The van der Waals surface area contributed by atoms with Crippen LogP contribution in [0.4, 0.5) is 0 Å². The van der Waals surface area contributed by atoms with Crippen LogP contribution in [-0.2, 0) is 17.6 Å². The van der Waals surface area contributed by atoms with E-state index in [1.54, 1.807) is 42.6 Å². The number of benzene rings is 1. The van der Waals surface area contributed by atoms with E-state index in [0.29, 0.717) is 17.1 Å². The predicted octanol–water partition coefficient (Wildman–Crippen LogP) is 2.26. The Morgan fingerprint density at radius 3 is 2.69 bits per heavy atom. The van der Waals surface area contributed by atoms with Crippen LogP contribution in [0, 0.1) is 0 Å². The van der Waals surface area contributed by atoms with Crippen molar-refractivity contribution in [1.29, 1.82) is 0 Å². The number of furan rings is 1. The van der Waals surface area contributed by atoms with Crippen molar-refractivity contribution in [3.63, 3.8) is 0 Å². The van der Waals surface area contributed by atoms with Crippen LogP contribution >= 0.6 is 11.8 Å². The van der Waals surface area contributed by atoms with Crippen LogP contribution in [0.15, 0.2) is 64.4 Å². The summed E-state index contributed by atoms with van der Waals surface area (Å²) in [6, 6.07) is 11.2. The van der Waals surface area contributed by atoms with Gasteiger partial charge in [0.15, 0.2) is 10.9 Å². The van der Waals surface area contributed by atoms with Gasteiger partial charge in [-0.15, -0.1) is 0 Å². The lowest BCUT2D eigenvalue weighted by Gasteiger charge is -2.14. The molecule has 0 spiro atoms. The number of rotatable bonds is 7. The molecule has 0 aliphatic carbocycles. The third-order valence-corrected chi connectivity index (χ3v) is 4.78. The number of hydrogen-bond donors (Lipinski definition) is 2. The Labute approximate surface area is 154 Å². The van der Waals surface area contributed by atoms with Gasteiger partial charge < -0.3 is 20.0 Å². The van der Waals surface area contributed by atoms with Gasteiger partial charge in [0.2, 0.25) is 5.91 Å². The van der Waals surface area contributed by atoms with Crippen molar-refractivity contribution in [3.8, 4) is 0 Å². The Bertz CT molecular complexity index is 904. The Hall–Kier alpha value is -3.00. The largest absolute Gasteiger partial charge is 0.455 e. The molecule has 3 rings (SSSR count). The van der Waals surface area contributed by atoms with E-state index in [9.17, 15) is 9.59 Å². The number of amides is 2. The Morgan fingerprint density at radius 2 is 2.04 bits per heavy atom. The van der Waals surface area contributed by atoms with Gasteiger partial charge in [-0.1, -0.05) is 42.1 Å². The van der Waals surface area contributed by atoms with Crippen molar-refractivity contribution in [3.05, 3.63) is 71.9 Å². The molecule has 3 aromatic rings. The Morgan fingerprint density at radius 1 is 1.27 bits per heavy atom. The second kappa shape index (κ2) is 7.92. The zero-order chi connectivity index (χ0) is 18.5. The number of thioether (sulfide) groups is 1. The fraction of sp³-hybridized carbons (Fsp3) is 0.167. The summed E-state index contributed by atoms with van der Waals surface area (Å²) in [5, 5.41) is 3.46. The van der Waals surface area contributed by atoms with Crippen LogP contribution < -0.4 is 11.1 Å².